The van der Waals surface area contributed by atoms with Crippen LogP contribution in [0.5, 0.6) is 0 Å². The van der Waals surface area contributed by atoms with E-state index in [-0.39, 0.29) is 42.0 Å². The summed E-state index contributed by atoms with van der Waals surface area (Å²) in [7, 11) is 1.68. The Balaban J connectivity index is 0.00000338. The van der Waals surface area contributed by atoms with Crippen LogP contribution in [0.4, 0.5) is 0 Å². The molecule has 0 fully saturated rings. The molecule has 1 aromatic rings. The Kier molecular flexibility index (Phi) is 9.35. The van der Waals surface area contributed by atoms with E-state index in [1.54, 1.807) is 7.11 Å². The van der Waals surface area contributed by atoms with Gasteiger partial charge in [-0.2, -0.15) is 0 Å². The molecular weight excluding hydrogens is 443 g/mol. The number of aliphatic imine (C=N–C) groups is 1. The van der Waals surface area contributed by atoms with Gasteiger partial charge in [0.25, 0.3) is 0 Å². The fraction of sp³-hybridized carbons (Fsp3) is 0.579. The van der Waals surface area contributed by atoms with Gasteiger partial charge in [0.15, 0.2) is 5.96 Å². The van der Waals surface area contributed by atoms with Crippen LogP contribution in [-0.2, 0) is 22.5 Å². The second kappa shape index (κ2) is 10.7. The molecule has 0 saturated carbocycles. The van der Waals surface area contributed by atoms with Crippen molar-refractivity contribution in [3.63, 3.8) is 0 Å². The lowest BCUT2D eigenvalue weighted by atomic mass is 10.00. The largest absolute Gasteiger partial charge is 0.377 e. The minimum absolute atomic E-state index is 0. The number of ether oxygens (including phenoxy) is 1. The van der Waals surface area contributed by atoms with Crippen LogP contribution in [0.3, 0.4) is 0 Å². The van der Waals surface area contributed by atoms with Gasteiger partial charge in [0, 0.05) is 33.3 Å². The normalized spacial score (nSPS) is 14.3. The predicted octanol–water partition coefficient (Wildman–Crippen LogP) is 2.17. The molecule has 7 heteroatoms. The van der Waals surface area contributed by atoms with Crippen molar-refractivity contribution in [2.45, 2.75) is 39.3 Å². The Bertz CT molecular complexity index is 619. The Morgan fingerprint density at radius 3 is 2.62 bits per heavy atom. The quantitative estimate of drug-likeness (QED) is 0.377. The van der Waals surface area contributed by atoms with Gasteiger partial charge in [-0.3, -0.25) is 4.79 Å². The Morgan fingerprint density at radius 2 is 1.96 bits per heavy atom. The fourth-order valence-corrected chi connectivity index (χ4v) is 2.67. The van der Waals surface area contributed by atoms with Gasteiger partial charge in [-0.1, -0.05) is 24.3 Å². The number of hydrogen-bond donors (Lipinski definition) is 2. The zero-order chi connectivity index (χ0) is 18.3. The highest BCUT2D eigenvalue weighted by Crippen LogP contribution is 2.18. The monoisotopic (exact) mass is 474 g/mol. The van der Waals surface area contributed by atoms with Gasteiger partial charge in [0.1, 0.15) is 6.54 Å². The number of carbonyl (C=O) groups excluding carboxylic acids is 1. The Hall–Kier alpha value is -1.35. The molecule has 0 saturated heterocycles. The number of guanidine groups is 1. The van der Waals surface area contributed by atoms with E-state index in [0.717, 1.165) is 19.5 Å². The van der Waals surface area contributed by atoms with E-state index in [9.17, 15) is 4.79 Å². The van der Waals surface area contributed by atoms with Crippen molar-refractivity contribution in [3.8, 4) is 0 Å². The van der Waals surface area contributed by atoms with Gasteiger partial charge in [0.2, 0.25) is 5.91 Å². The number of benzene rings is 1. The maximum atomic E-state index is 12.5. The first-order chi connectivity index (χ1) is 11.9. The molecule has 2 rings (SSSR count). The Labute approximate surface area is 173 Å². The van der Waals surface area contributed by atoms with Gasteiger partial charge in [-0.05, 0) is 38.3 Å². The lowest BCUT2D eigenvalue weighted by Crippen LogP contribution is -2.46. The van der Waals surface area contributed by atoms with Crippen LogP contribution in [0.2, 0.25) is 0 Å². The third kappa shape index (κ3) is 6.75. The number of fused-ring (bicyclic) bond motifs is 1. The summed E-state index contributed by atoms with van der Waals surface area (Å²) in [6.45, 7) is 8.93. The van der Waals surface area contributed by atoms with Gasteiger partial charge >= 0.3 is 0 Å². The first-order valence-corrected chi connectivity index (χ1v) is 8.87. The summed E-state index contributed by atoms with van der Waals surface area (Å²) in [6, 6.07) is 8.31. The first-order valence-electron chi connectivity index (χ1n) is 8.87. The van der Waals surface area contributed by atoms with Crippen molar-refractivity contribution in [1.82, 2.24) is 15.5 Å². The molecule has 1 heterocycles. The first kappa shape index (κ1) is 22.7. The highest BCUT2D eigenvalue weighted by Gasteiger charge is 2.20. The summed E-state index contributed by atoms with van der Waals surface area (Å²) < 4.78 is 5.40. The minimum Gasteiger partial charge on any atom is -0.377 e. The third-order valence-electron chi connectivity index (χ3n) is 4.43. The molecule has 1 aliphatic rings. The zero-order valence-corrected chi connectivity index (χ0v) is 18.5. The molecule has 0 atom stereocenters. The molecule has 0 bridgehead atoms. The molecule has 1 aliphatic heterocycles. The van der Waals surface area contributed by atoms with Crippen LogP contribution < -0.4 is 10.6 Å². The molecule has 1 amide bonds. The second-order valence-corrected chi connectivity index (χ2v) is 6.85. The molecule has 6 nitrogen and oxygen atoms in total. The molecule has 2 N–H and O–H groups in total. The van der Waals surface area contributed by atoms with Crippen LogP contribution in [0.25, 0.3) is 0 Å². The third-order valence-corrected chi connectivity index (χ3v) is 4.43. The number of nitrogens with one attached hydrogen (secondary N) is 2. The van der Waals surface area contributed by atoms with Crippen LogP contribution >= 0.6 is 24.0 Å². The molecule has 26 heavy (non-hydrogen) atoms. The topological polar surface area (TPSA) is 66.0 Å². The zero-order valence-electron chi connectivity index (χ0n) is 16.2. The summed E-state index contributed by atoms with van der Waals surface area (Å²) >= 11 is 0. The standard InChI is InChI=1S/C19H30N4O2.HI/c1-5-20-18(22-14-19(2,3)25-4)21-12-17(24)23-11-10-15-8-6-7-9-16(15)13-23;/h6-9H,5,10-14H2,1-4H3,(H2,20,21,22);1H. The molecule has 1 aromatic carbocycles. The molecule has 0 spiro atoms. The molecule has 0 aliphatic carbocycles. The summed E-state index contributed by atoms with van der Waals surface area (Å²) in [5.74, 6) is 0.691. The number of carbonyl (C=O) groups is 1. The van der Waals surface area contributed by atoms with E-state index in [0.29, 0.717) is 19.0 Å². The average molecular weight is 474 g/mol. The molecule has 0 aromatic heterocycles. The van der Waals surface area contributed by atoms with Gasteiger partial charge in [-0.25, -0.2) is 4.99 Å². The van der Waals surface area contributed by atoms with Gasteiger partial charge in [0.05, 0.1) is 5.60 Å². The minimum atomic E-state index is -0.295. The highest BCUT2D eigenvalue weighted by atomic mass is 127. The maximum Gasteiger partial charge on any atom is 0.244 e. The van der Waals surface area contributed by atoms with E-state index in [2.05, 4.69) is 33.8 Å². The van der Waals surface area contributed by atoms with Crippen LogP contribution in [-0.4, -0.2) is 55.7 Å². The summed E-state index contributed by atoms with van der Waals surface area (Å²) in [5, 5.41) is 6.39. The molecular formula is C19H31IN4O2. The van der Waals surface area contributed by atoms with Crippen LogP contribution in [0.1, 0.15) is 31.9 Å². The van der Waals surface area contributed by atoms with E-state index < -0.39 is 0 Å². The molecule has 146 valence electrons. The van der Waals surface area contributed by atoms with Crippen molar-refractivity contribution < 1.29 is 9.53 Å². The van der Waals surface area contributed by atoms with Crippen molar-refractivity contribution in [3.05, 3.63) is 35.4 Å². The average Bonchev–Trinajstić information content (AvgIpc) is 2.63. The SMILES string of the molecule is CCNC(=NCC(=O)N1CCc2ccccc2C1)NCC(C)(C)OC.I. The van der Waals surface area contributed by atoms with Crippen molar-refractivity contribution in [2.75, 3.05) is 33.3 Å². The predicted molar refractivity (Wildman–Crippen MR) is 116 cm³/mol. The van der Waals surface area contributed by atoms with Gasteiger partial charge < -0.3 is 20.3 Å². The number of rotatable bonds is 6. The maximum absolute atomic E-state index is 12.5. The van der Waals surface area contributed by atoms with E-state index >= 15 is 0 Å². The van der Waals surface area contributed by atoms with Crippen molar-refractivity contribution >= 4 is 35.8 Å². The highest BCUT2D eigenvalue weighted by molar-refractivity contribution is 14.0. The van der Waals surface area contributed by atoms with E-state index in [1.807, 2.05) is 31.7 Å². The number of amides is 1. The molecule has 0 unspecified atom stereocenters. The number of methoxy groups -OCH3 is 1. The number of halogens is 1. The summed E-state index contributed by atoms with van der Waals surface area (Å²) in [4.78, 5) is 18.8. The van der Waals surface area contributed by atoms with Crippen molar-refractivity contribution in [1.29, 1.82) is 0 Å². The fourth-order valence-electron chi connectivity index (χ4n) is 2.67. The van der Waals surface area contributed by atoms with Crippen molar-refractivity contribution in [2.24, 2.45) is 4.99 Å². The number of hydrogen-bond acceptors (Lipinski definition) is 3. The Morgan fingerprint density at radius 1 is 1.27 bits per heavy atom. The van der Waals surface area contributed by atoms with Gasteiger partial charge in [-0.15, -0.1) is 24.0 Å². The number of nitrogens with zero attached hydrogens (tertiary/aromatic N) is 2. The smallest absolute Gasteiger partial charge is 0.244 e. The molecule has 0 radical (unpaired) electrons. The van der Waals surface area contributed by atoms with E-state index in [1.165, 1.54) is 11.1 Å². The lowest BCUT2D eigenvalue weighted by Gasteiger charge is -2.28. The van der Waals surface area contributed by atoms with Crippen LogP contribution in [0, 0.1) is 0 Å². The lowest BCUT2D eigenvalue weighted by molar-refractivity contribution is -0.130. The van der Waals surface area contributed by atoms with Crippen LogP contribution in [0.15, 0.2) is 29.3 Å². The summed E-state index contributed by atoms with van der Waals surface area (Å²) in [6.07, 6.45) is 0.909. The van der Waals surface area contributed by atoms with E-state index in [4.69, 9.17) is 4.74 Å². The second-order valence-electron chi connectivity index (χ2n) is 6.85. The summed E-state index contributed by atoms with van der Waals surface area (Å²) in [5.41, 5.74) is 2.28.